The Bertz CT molecular complexity index is 776. The number of imidazole rings is 1. The molecule has 0 saturated carbocycles. The summed E-state index contributed by atoms with van der Waals surface area (Å²) in [4.78, 5) is 8.63. The number of aromatic amines is 1. The van der Waals surface area contributed by atoms with Crippen LogP contribution in [0.2, 0.25) is 0 Å². The summed E-state index contributed by atoms with van der Waals surface area (Å²) in [6, 6.07) is 13.2. The van der Waals surface area contributed by atoms with Crippen molar-refractivity contribution in [2.24, 2.45) is 5.73 Å². The minimum atomic E-state index is 0.0487. The summed E-state index contributed by atoms with van der Waals surface area (Å²) in [6.07, 6.45) is 0. The van der Waals surface area contributed by atoms with Crippen LogP contribution in [0.4, 0.5) is 0 Å². The number of rotatable bonds is 2. The predicted octanol–water partition coefficient (Wildman–Crippen LogP) is 2.80. The van der Waals surface area contributed by atoms with Crippen LogP contribution in [-0.2, 0) is 0 Å². The molecule has 0 aliphatic rings. The standard InChI is InChI=1S/C14H12N4S/c15-13(16)8-5-6-10-11(7-8)18-14(17-10)9-3-1-2-4-12(9)19/h1-7,19H,(H3,15,16)(H,17,18). The molecular formula is C14H12N4S. The number of thiol groups is 1. The summed E-state index contributed by atoms with van der Waals surface area (Å²) < 4.78 is 0. The van der Waals surface area contributed by atoms with Gasteiger partial charge in [-0.25, -0.2) is 4.98 Å². The lowest BCUT2D eigenvalue weighted by atomic mass is 10.2. The lowest BCUT2D eigenvalue weighted by Crippen LogP contribution is -2.10. The highest BCUT2D eigenvalue weighted by molar-refractivity contribution is 7.80. The van der Waals surface area contributed by atoms with E-state index in [0.29, 0.717) is 5.56 Å². The number of nitrogens with zero attached hydrogens (tertiary/aromatic N) is 1. The lowest BCUT2D eigenvalue weighted by molar-refractivity contribution is 1.29. The summed E-state index contributed by atoms with van der Waals surface area (Å²) in [5, 5.41) is 7.45. The summed E-state index contributed by atoms with van der Waals surface area (Å²) >= 11 is 4.43. The zero-order valence-electron chi connectivity index (χ0n) is 10.0. The summed E-state index contributed by atoms with van der Waals surface area (Å²) in [7, 11) is 0. The van der Waals surface area contributed by atoms with Gasteiger partial charge in [-0.15, -0.1) is 12.6 Å². The van der Waals surface area contributed by atoms with Gasteiger partial charge in [0.1, 0.15) is 11.7 Å². The van der Waals surface area contributed by atoms with Crippen LogP contribution in [0.15, 0.2) is 47.4 Å². The first-order valence-electron chi connectivity index (χ1n) is 5.77. The van der Waals surface area contributed by atoms with E-state index in [-0.39, 0.29) is 5.84 Å². The maximum Gasteiger partial charge on any atom is 0.139 e. The number of aromatic nitrogens is 2. The first-order chi connectivity index (χ1) is 9.15. The van der Waals surface area contributed by atoms with Gasteiger partial charge in [-0.3, -0.25) is 5.41 Å². The zero-order valence-corrected chi connectivity index (χ0v) is 10.9. The number of hydrogen-bond acceptors (Lipinski definition) is 3. The molecule has 1 heterocycles. The van der Waals surface area contributed by atoms with Crippen molar-refractivity contribution in [2.45, 2.75) is 4.90 Å². The quantitative estimate of drug-likeness (QED) is 0.327. The first-order valence-corrected chi connectivity index (χ1v) is 6.22. The van der Waals surface area contributed by atoms with Gasteiger partial charge in [-0.1, -0.05) is 18.2 Å². The van der Waals surface area contributed by atoms with Crippen molar-refractivity contribution >= 4 is 29.5 Å². The molecule has 0 unspecified atom stereocenters. The molecule has 1 aromatic heterocycles. The van der Waals surface area contributed by atoms with Crippen molar-refractivity contribution in [2.75, 3.05) is 0 Å². The average molecular weight is 268 g/mol. The van der Waals surface area contributed by atoms with E-state index in [0.717, 1.165) is 27.3 Å². The monoisotopic (exact) mass is 268 g/mol. The molecule has 0 aliphatic heterocycles. The van der Waals surface area contributed by atoms with Crippen LogP contribution in [0.3, 0.4) is 0 Å². The van der Waals surface area contributed by atoms with E-state index in [1.54, 1.807) is 6.07 Å². The highest BCUT2D eigenvalue weighted by Crippen LogP contribution is 2.26. The third-order valence-corrected chi connectivity index (χ3v) is 3.34. The summed E-state index contributed by atoms with van der Waals surface area (Å²) in [6.45, 7) is 0. The van der Waals surface area contributed by atoms with Gasteiger partial charge in [0.15, 0.2) is 0 Å². The van der Waals surface area contributed by atoms with Crippen molar-refractivity contribution in [1.29, 1.82) is 5.41 Å². The minimum Gasteiger partial charge on any atom is -0.384 e. The first kappa shape index (κ1) is 11.8. The largest absolute Gasteiger partial charge is 0.384 e. The zero-order chi connectivity index (χ0) is 13.4. The molecule has 94 valence electrons. The highest BCUT2D eigenvalue weighted by atomic mass is 32.1. The van der Waals surface area contributed by atoms with Crippen LogP contribution in [0.5, 0.6) is 0 Å². The second kappa shape index (κ2) is 4.44. The highest BCUT2D eigenvalue weighted by Gasteiger charge is 2.08. The van der Waals surface area contributed by atoms with Crippen molar-refractivity contribution in [3.63, 3.8) is 0 Å². The van der Waals surface area contributed by atoms with E-state index in [1.165, 1.54) is 0 Å². The Kier molecular flexibility index (Phi) is 2.76. The van der Waals surface area contributed by atoms with Gasteiger partial charge >= 0.3 is 0 Å². The van der Waals surface area contributed by atoms with E-state index in [2.05, 4.69) is 22.6 Å². The molecule has 5 heteroatoms. The Labute approximate surface area is 115 Å². The average Bonchev–Trinajstić information content (AvgIpc) is 2.81. The van der Waals surface area contributed by atoms with Gasteiger partial charge < -0.3 is 10.7 Å². The molecule has 4 nitrogen and oxygen atoms in total. The summed E-state index contributed by atoms with van der Waals surface area (Å²) in [5.41, 5.74) is 8.82. The molecule has 0 atom stereocenters. The van der Waals surface area contributed by atoms with Crippen LogP contribution in [0, 0.1) is 5.41 Å². The second-order valence-electron chi connectivity index (χ2n) is 4.25. The van der Waals surface area contributed by atoms with Gasteiger partial charge in [0.25, 0.3) is 0 Å². The fraction of sp³-hybridized carbons (Fsp3) is 0. The van der Waals surface area contributed by atoms with E-state index >= 15 is 0 Å². The molecule has 0 amide bonds. The van der Waals surface area contributed by atoms with Crippen LogP contribution >= 0.6 is 12.6 Å². The van der Waals surface area contributed by atoms with Crippen molar-refractivity contribution < 1.29 is 0 Å². The molecule has 19 heavy (non-hydrogen) atoms. The van der Waals surface area contributed by atoms with E-state index in [1.807, 2.05) is 36.4 Å². The maximum atomic E-state index is 7.45. The molecular weight excluding hydrogens is 256 g/mol. The molecule has 0 saturated heterocycles. The number of nitrogens with one attached hydrogen (secondary N) is 2. The second-order valence-corrected chi connectivity index (χ2v) is 4.73. The Morgan fingerprint density at radius 1 is 1.21 bits per heavy atom. The van der Waals surface area contributed by atoms with Crippen LogP contribution in [-0.4, -0.2) is 15.8 Å². The lowest BCUT2D eigenvalue weighted by Gasteiger charge is -1.99. The number of H-pyrrole nitrogens is 1. The normalized spacial score (nSPS) is 10.8. The Balaban J connectivity index is 2.17. The number of nitrogens with two attached hydrogens (primary N) is 1. The van der Waals surface area contributed by atoms with Crippen molar-refractivity contribution in [3.8, 4) is 11.4 Å². The minimum absolute atomic E-state index is 0.0487. The third kappa shape index (κ3) is 2.08. The number of hydrogen-bond donors (Lipinski definition) is 4. The Hall–Kier alpha value is -2.27. The molecule has 0 radical (unpaired) electrons. The van der Waals surface area contributed by atoms with Gasteiger partial charge in [-0.2, -0.15) is 0 Å². The molecule has 3 rings (SSSR count). The van der Waals surface area contributed by atoms with Crippen LogP contribution in [0.1, 0.15) is 5.56 Å². The van der Waals surface area contributed by atoms with Gasteiger partial charge in [0, 0.05) is 16.0 Å². The van der Waals surface area contributed by atoms with E-state index in [4.69, 9.17) is 11.1 Å². The molecule has 3 aromatic rings. The van der Waals surface area contributed by atoms with E-state index in [9.17, 15) is 0 Å². The SMILES string of the molecule is N=C(N)c1ccc2nc(-c3ccccc3S)[nH]c2c1. The summed E-state index contributed by atoms with van der Waals surface area (Å²) in [5.74, 6) is 0.814. The van der Waals surface area contributed by atoms with Crippen molar-refractivity contribution in [3.05, 3.63) is 48.0 Å². The number of benzene rings is 2. The van der Waals surface area contributed by atoms with Gasteiger partial charge in [0.2, 0.25) is 0 Å². The molecule has 4 N–H and O–H groups in total. The smallest absolute Gasteiger partial charge is 0.139 e. The maximum absolute atomic E-state index is 7.45. The fourth-order valence-corrected chi connectivity index (χ4v) is 2.25. The van der Waals surface area contributed by atoms with Gasteiger partial charge in [-0.05, 0) is 24.3 Å². The fourth-order valence-electron chi connectivity index (χ4n) is 1.98. The molecule has 0 bridgehead atoms. The van der Waals surface area contributed by atoms with Gasteiger partial charge in [0.05, 0.1) is 11.0 Å². The van der Waals surface area contributed by atoms with E-state index < -0.39 is 0 Å². The Morgan fingerprint density at radius 2 is 2.00 bits per heavy atom. The molecule has 2 aromatic carbocycles. The predicted molar refractivity (Wildman–Crippen MR) is 79.8 cm³/mol. The molecule has 0 aliphatic carbocycles. The van der Waals surface area contributed by atoms with Crippen molar-refractivity contribution in [1.82, 2.24) is 9.97 Å². The topological polar surface area (TPSA) is 78.6 Å². The molecule has 0 spiro atoms. The Morgan fingerprint density at radius 3 is 2.74 bits per heavy atom. The number of fused-ring (bicyclic) bond motifs is 1. The number of nitrogen functional groups attached to an aromatic ring is 1. The number of amidine groups is 1. The van der Waals surface area contributed by atoms with Crippen LogP contribution < -0.4 is 5.73 Å². The third-order valence-electron chi connectivity index (χ3n) is 2.95. The van der Waals surface area contributed by atoms with Crippen LogP contribution in [0.25, 0.3) is 22.4 Å². The molecule has 0 fully saturated rings.